The van der Waals surface area contributed by atoms with Gasteiger partial charge in [-0.15, -0.1) is 0 Å². The number of benzene rings is 1. The highest BCUT2D eigenvalue weighted by molar-refractivity contribution is 5.68. The summed E-state index contributed by atoms with van der Waals surface area (Å²) in [6.07, 6.45) is 0. The zero-order valence-electron chi connectivity index (χ0n) is 10.3. The summed E-state index contributed by atoms with van der Waals surface area (Å²) in [6, 6.07) is 6.63. The second kappa shape index (κ2) is 4.67. The van der Waals surface area contributed by atoms with Crippen LogP contribution in [0, 0.1) is 12.7 Å². The number of hydrogen-bond acceptors (Lipinski definition) is 2. The summed E-state index contributed by atoms with van der Waals surface area (Å²) < 4.78 is 15.1. The molecular weight excluding hydrogens is 217 g/mol. The molecule has 3 nitrogen and oxygen atoms in total. The lowest BCUT2D eigenvalue weighted by molar-refractivity contribution is 0.628. The van der Waals surface area contributed by atoms with E-state index in [2.05, 4.69) is 10.4 Å². The molecule has 17 heavy (non-hydrogen) atoms. The summed E-state index contributed by atoms with van der Waals surface area (Å²) in [6.45, 7) is 2.66. The van der Waals surface area contributed by atoms with Crippen molar-refractivity contribution in [2.24, 2.45) is 7.05 Å². The summed E-state index contributed by atoms with van der Waals surface area (Å²) >= 11 is 0. The fourth-order valence-corrected chi connectivity index (χ4v) is 2.10. The predicted octanol–water partition coefficient (Wildman–Crippen LogP) is 2.25. The Morgan fingerprint density at radius 3 is 2.82 bits per heavy atom. The number of aryl methyl sites for hydroxylation is 2. The molecule has 0 aliphatic carbocycles. The highest BCUT2D eigenvalue weighted by atomic mass is 19.1. The third-order valence-electron chi connectivity index (χ3n) is 2.80. The molecule has 1 heterocycles. The molecule has 0 bridgehead atoms. The van der Waals surface area contributed by atoms with Crippen LogP contribution in [0.2, 0.25) is 0 Å². The summed E-state index contributed by atoms with van der Waals surface area (Å²) in [5, 5.41) is 7.50. The minimum absolute atomic E-state index is 0.221. The Bertz CT molecular complexity index is 531. The lowest BCUT2D eigenvalue weighted by Gasteiger charge is -2.06. The van der Waals surface area contributed by atoms with Crippen LogP contribution in [0.25, 0.3) is 11.1 Å². The number of halogens is 1. The first-order chi connectivity index (χ1) is 8.13. The van der Waals surface area contributed by atoms with E-state index < -0.39 is 0 Å². The largest absolute Gasteiger partial charge is 0.314 e. The third kappa shape index (κ3) is 2.22. The normalized spacial score (nSPS) is 10.8. The zero-order valence-corrected chi connectivity index (χ0v) is 10.3. The number of hydrogen-bond donors (Lipinski definition) is 1. The van der Waals surface area contributed by atoms with Crippen molar-refractivity contribution in [2.75, 3.05) is 7.05 Å². The molecule has 0 saturated carbocycles. The first-order valence-corrected chi connectivity index (χ1v) is 5.56. The highest BCUT2D eigenvalue weighted by Crippen LogP contribution is 2.27. The van der Waals surface area contributed by atoms with E-state index in [9.17, 15) is 4.39 Å². The van der Waals surface area contributed by atoms with E-state index in [1.807, 2.05) is 31.8 Å². The van der Waals surface area contributed by atoms with Gasteiger partial charge in [-0.05, 0) is 31.7 Å². The summed E-state index contributed by atoms with van der Waals surface area (Å²) in [5.41, 5.74) is 3.88. The minimum atomic E-state index is -0.221. The quantitative estimate of drug-likeness (QED) is 0.881. The number of nitrogens with zero attached hydrogens (tertiary/aromatic N) is 2. The first kappa shape index (κ1) is 11.8. The van der Waals surface area contributed by atoms with Gasteiger partial charge in [0, 0.05) is 19.2 Å². The van der Waals surface area contributed by atoms with Crippen LogP contribution in [-0.2, 0) is 13.6 Å². The molecule has 0 spiro atoms. The molecule has 2 aromatic rings. The summed E-state index contributed by atoms with van der Waals surface area (Å²) in [5.74, 6) is -0.221. The van der Waals surface area contributed by atoms with Gasteiger partial charge in [0.15, 0.2) is 0 Å². The molecule has 0 unspecified atom stereocenters. The van der Waals surface area contributed by atoms with Crippen LogP contribution < -0.4 is 5.32 Å². The maximum absolute atomic E-state index is 13.3. The minimum Gasteiger partial charge on any atom is -0.314 e. The van der Waals surface area contributed by atoms with Gasteiger partial charge >= 0.3 is 0 Å². The average Bonchev–Trinajstić information content (AvgIpc) is 2.54. The van der Waals surface area contributed by atoms with Crippen LogP contribution in [0.15, 0.2) is 24.3 Å². The van der Waals surface area contributed by atoms with Crippen molar-refractivity contribution in [3.63, 3.8) is 0 Å². The third-order valence-corrected chi connectivity index (χ3v) is 2.80. The van der Waals surface area contributed by atoms with Gasteiger partial charge in [0.05, 0.1) is 11.4 Å². The van der Waals surface area contributed by atoms with Crippen LogP contribution in [-0.4, -0.2) is 16.8 Å². The second-order valence-corrected chi connectivity index (χ2v) is 4.07. The Hall–Kier alpha value is -1.68. The Labute approximate surface area is 100 Å². The molecule has 4 heteroatoms. The Morgan fingerprint density at radius 2 is 2.18 bits per heavy atom. The molecule has 0 aliphatic rings. The molecule has 1 aromatic carbocycles. The maximum atomic E-state index is 13.3. The Morgan fingerprint density at radius 1 is 1.41 bits per heavy atom. The highest BCUT2D eigenvalue weighted by Gasteiger charge is 2.14. The molecular formula is C13H16FN3. The van der Waals surface area contributed by atoms with Crippen LogP contribution >= 0.6 is 0 Å². The Balaban J connectivity index is 2.57. The van der Waals surface area contributed by atoms with Crippen molar-refractivity contribution in [3.8, 4) is 11.1 Å². The van der Waals surface area contributed by atoms with E-state index >= 15 is 0 Å². The molecule has 0 radical (unpaired) electrons. The van der Waals surface area contributed by atoms with E-state index in [1.165, 1.54) is 6.07 Å². The van der Waals surface area contributed by atoms with Gasteiger partial charge in [0.1, 0.15) is 5.82 Å². The van der Waals surface area contributed by atoms with Crippen LogP contribution in [0.3, 0.4) is 0 Å². The molecule has 0 aliphatic heterocycles. The van der Waals surface area contributed by atoms with Crippen molar-refractivity contribution >= 4 is 0 Å². The van der Waals surface area contributed by atoms with Gasteiger partial charge in [-0.1, -0.05) is 12.1 Å². The van der Waals surface area contributed by atoms with Gasteiger partial charge in [-0.25, -0.2) is 4.39 Å². The smallest absolute Gasteiger partial charge is 0.123 e. The van der Waals surface area contributed by atoms with E-state index in [4.69, 9.17) is 0 Å². The standard InChI is InChI=1S/C13H16FN3/c1-9-13(10-5-4-6-11(14)7-10)12(8-15-2)17(3)16-9/h4-7,15H,8H2,1-3H3. The molecule has 0 saturated heterocycles. The van der Waals surface area contributed by atoms with E-state index in [0.29, 0.717) is 6.54 Å². The average molecular weight is 233 g/mol. The van der Waals surface area contributed by atoms with E-state index in [1.54, 1.807) is 12.1 Å². The number of nitrogens with one attached hydrogen (secondary N) is 1. The fourth-order valence-electron chi connectivity index (χ4n) is 2.10. The summed E-state index contributed by atoms with van der Waals surface area (Å²) in [4.78, 5) is 0. The number of aromatic nitrogens is 2. The van der Waals surface area contributed by atoms with Gasteiger partial charge in [0.2, 0.25) is 0 Å². The van der Waals surface area contributed by atoms with Gasteiger partial charge in [-0.3, -0.25) is 4.68 Å². The molecule has 1 N–H and O–H groups in total. The van der Waals surface area contributed by atoms with Gasteiger partial charge in [-0.2, -0.15) is 5.10 Å². The van der Waals surface area contributed by atoms with Gasteiger partial charge < -0.3 is 5.32 Å². The molecule has 1 aromatic heterocycles. The maximum Gasteiger partial charge on any atom is 0.123 e. The van der Waals surface area contributed by atoms with E-state index in [0.717, 1.165) is 22.5 Å². The van der Waals surface area contributed by atoms with Crippen molar-refractivity contribution in [2.45, 2.75) is 13.5 Å². The second-order valence-electron chi connectivity index (χ2n) is 4.07. The van der Waals surface area contributed by atoms with E-state index in [-0.39, 0.29) is 5.82 Å². The van der Waals surface area contributed by atoms with Crippen LogP contribution in [0.1, 0.15) is 11.4 Å². The lowest BCUT2D eigenvalue weighted by Crippen LogP contribution is -2.10. The predicted molar refractivity (Wildman–Crippen MR) is 66.1 cm³/mol. The topological polar surface area (TPSA) is 29.9 Å². The fraction of sp³-hybridized carbons (Fsp3) is 0.308. The van der Waals surface area contributed by atoms with Crippen molar-refractivity contribution in [1.82, 2.24) is 15.1 Å². The van der Waals surface area contributed by atoms with Crippen molar-refractivity contribution < 1.29 is 4.39 Å². The molecule has 0 amide bonds. The molecule has 90 valence electrons. The summed E-state index contributed by atoms with van der Waals surface area (Å²) in [7, 11) is 3.79. The Kier molecular flexibility index (Phi) is 3.24. The monoisotopic (exact) mass is 233 g/mol. The van der Waals surface area contributed by atoms with Gasteiger partial charge in [0.25, 0.3) is 0 Å². The SMILES string of the molecule is CNCc1c(-c2cccc(F)c2)c(C)nn1C. The van der Waals surface area contributed by atoms with Crippen LogP contribution in [0.4, 0.5) is 4.39 Å². The van der Waals surface area contributed by atoms with Crippen molar-refractivity contribution in [1.29, 1.82) is 0 Å². The lowest BCUT2D eigenvalue weighted by atomic mass is 10.0. The molecule has 0 atom stereocenters. The zero-order chi connectivity index (χ0) is 12.4. The van der Waals surface area contributed by atoms with Crippen molar-refractivity contribution in [3.05, 3.63) is 41.5 Å². The molecule has 2 rings (SSSR count). The van der Waals surface area contributed by atoms with Crippen LogP contribution in [0.5, 0.6) is 0 Å². The molecule has 0 fully saturated rings. The number of rotatable bonds is 3. The first-order valence-electron chi connectivity index (χ1n) is 5.56.